The molecule has 0 saturated carbocycles. The number of aliphatic hydroxyl groups is 1. The van der Waals surface area contributed by atoms with Crippen molar-refractivity contribution in [1.29, 1.82) is 0 Å². The first-order chi connectivity index (χ1) is 18.5. The van der Waals surface area contributed by atoms with Crippen LogP contribution in [0.25, 0.3) is 0 Å². The highest BCUT2D eigenvalue weighted by atomic mass is 16.5. The molecule has 3 N–H and O–H groups in total. The van der Waals surface area contributed by atoms with Gasteiger partial charge in [0.25, 0.3) is 0 Å². The van der Waals surface area contributed by atoms with E-state index in [9.17, 15) is 19.5 Å². The Balaban J connectivity index is 1.62. The standard InChI is InChI=1S/C29H42N4O5/c1-3-7-21-10-11-23-25(24(21)27(35)30-2)29(37)33(22(19-34)18-20-8-5-4-6-9-20)26(23)28(36)31-12-13-32-14-16-38-17-15-32/h4-6,8-11,21-26,34H,3,7,12-19H2,1-2H3,(H,30,35)(H,31,36)/t21-,22-,23+,24-,25-,26+/m1/s1. The number of allylic oxidation sites excluding steroid dienone is 1. The molecule has 0 unspecified atom stereocenters. The molecule has 2 aliphatic heterocycles. The van der Waals surface area contributed by atoms with E-state index in [1.807, 2.05) is 42.5 Å². The minimum absolute atomic E-state index is 0.0724. The number of rotatable bonds is 11. The third-order valence-electron chi connectivity index (χ3n) is 8.24. The summed E-state index contributed by atoms with van der Waals surface area (Å²) in [4.78, 5) is 44.9. The fourth-order valence-corrected chi connectivity index (χ4v) is 6.38. The fraction of sp³-hybridized carbons (Fsp3) is 0.621. The summed E-state index contributed by atoms with van der Waals surface area (Å²) in [5.41, 5.74) is 0.975. The van der Waals surface area contributed by atoms with Gasteiger partial charge in [-0.2, -0.15) is 0 Å². The molecule has 1 aromatic carbocycles. The van der Waals surface area contributed by atoms with Crippen molar-refractivity contribution in [2.24, 2.45) is 23.7 Å². The van der Waals surface area contributed by atoms with E-state index in [1.54, 1.807) is 11.9 Å². The van der Waals surface area contributed by atoms with Gasteiger partial charge >= 0.3 is 0 Å². The number of nitrogens with one attached hydrogen (secondary N) is 2. The zero-order chi connectivity index (χ0) is 27.1. The van der Waals surface area contributed by atoms with Crippen LogP contribution >= 0.6 is 0 Å². The van der Waals surface area contributed by atoms with E-state index in [-0.39, 0.29) is 30.2 Å². The quantitative estimate of drug-likeness (QED) is 0.369. The van der Waals surface area contributed by atoms with E-state index in [0.717, 1.165) is 31.5 Å². The predicted molar refractivity (Wildman–Crippen MR) is 144 cm³/mol. The molecule has 2 heterocycles. The molecule has 0 aromatic heterocycles. The highest BCUT2D eigenvalue weighted by Gasteiger charge is 2.58. The lowest BCUT2D eigenvalue weighted by Crippen LogP contribution is -2.54. The Hall–Kier alpha value is -2.75. The van der Waals surface area contributed by atoms with Crippen molar-refractivity contribution in [1.82, 2.24) is 20.4 Å². The van der Waals surface area contributed by atoms with Gasteiger partial charge in [0.05, 0.1) is 37.7 Å². The monoisotopic (exact) mass is 526 g/mol. The van der Waals surface area contributed by atoms with Crippen LogP contribution in [0.2, 0.25) is 0 Å². The number of morpholine rings is 1. The first kappa shape index (κ1) is 28.3. The van der Waals surface area contributed by atoms with Gasteiger partial charge in [-0.3, -0.25) is 19.3 Å². The Labute approximate surface area is 225 Å². The summed E-state index contributed by atoms with van der Waals surface area (Å²) in [6.45, 7) is 5.97. The molecule has 9 nitrogen and oxygen atoms in total. The Kier molecular flexibility index (Phi) is 9.93. The van der Waals surface area contributed by atoms with Crippen LogP contribution < -0.4 is 10.6 Å². The molecule has 9 heteroatoms. The number of nitrogens with zero attached hydrogens (tertiary/aromatic N) is 2. The van der Waals surface area contributed by atoms with Crippen molar-refractivity contribution in [3.8, 4) is 0 Å². The maximum Gasteiger partial charge on any atom is 0.243 e. The summed E-state index contributed by atoms with van der Waals surface area (Å²) in [5, 5.41) is 16.3. The zero-order valence-corrected chi connectivity index (χ0v) is 22.6. The average molecular weight is 527 g/mol. The smallest absolute Gasteiger partial charge is 0.243 e. The Morgan fingerprint density at radius 2 is 1.87 bits per heavy atom. The molecule has 4 rings (SSSR count). The number of amides is 3. The van der Waals surface area contributed by atoms with Crippen LogP contribution in [0.3, 0.4) is 0 Å². The van der Waals surface area contributed by atoms with Crippen molar-refractivity contribution in [3.63, 3.8) is 0 Å². The molecule has 208 valence electrons. The van der Waals surface area contributed by atoms with E-state index in [1.165, 1.54) is 0 Å². The maximum atomic E-state index is 14.1. The Morgan fingerprint density at radius 3 is 2.53 bits per heavy atom. The van der Waals surface area contributed by atoms with Crippen molar-refractivity contribution in [3.05, 3.63) is 48.0 Å². The summed E-state index contributed by atoms with van der Waals surface area (Å²) < 4.78 is 5.41. The second-order valence-corrected chi connectivity index (χ2v) is 10.5. The molecule has 2 saturated heterocycles. The number of ether oxygens (including phenoxy) is 1. The van der Waals surface area contributed by atoms with Crippen molar-refractivity contribution in [2.45, 2.75) is 38.3 Å². The second-order valence-electron chi connectivity index (χ2n) is 10.5. The average Bonchev–Trinajstić information content (AvgIpc) is 3.24. The van der Waals surface area contributed by atoms with E-state index in [0.29, 0.717) is 32.7 Å². The van der Waals surface area contributed by atoms with E-state index >= 15 is 0 Å². The van der Waals surface area contributed by atoms with Gasteiger partial charge in [-0.05, 0) is 24.3 Å². The van der Waals surface area contributed by atoms with Gasteiger partial charge in [-0.15, -0.1) is 0 Å². The lowest BCUT2D eigenvalue weighted by Gasteiger charge is -2.34. The molecule has 1 aromatic rings. The number of aliphatic hydroxyl groups excluding tert-OH is 1. The van der Waals surface area contributed by atoms with Gasteiger partial charge in [0, 0.05) is 39.1 Å². The highest BCUT2D eigenvalue weighted by molar-refractivity contribution is 5.97. The van der Waals surface area contributed by atoms with Crippen LogP contribution in [0.4, 0.5) is 0 Å². The summed E-state index contributed by atoms with van der Waals surface area (Å²) in [7, 11) is 1.59. The molecular formula is C29H42N4O5. The SMILES string of the molecule is CCC[C@@H]1C=C[C@H]2[C@@H](C(=O)N([C@@H](CO)Cc3ccccc3)[C@@H]2C(=O)NCCN2CCOCC2)[C@@H]1C(=O)NC. The molecular weight excluding hydrogens is 484 g/mol. The normalized spacial score (nSPS) is 28.1. The second kappa shape index (κ2) is 13.4. The molecule has 6 atom stereocenters. The Bertz CT molecular complexity index is 980. The first-order valence-corrected chi connectivity index (χ1v) is 13.9. The van der Waals surface area contributed by atoms with Crippen LogP contribution in [0.1, 0.15) is 25.3 Å². The fourth-order valence-electron chi connectivity index (χ4n) is 6.38. The third-order valence-corrected chi connectivity index (χ3v) is 8.24. The van der Waals surface area contributed by atoms with Crippen LogP contribution in [0.5, 0.6) is 0 Å². The minimum atomic E-state index is -0.788. The van der Waals surface area contributed by atoms with Crippen LogP contribution in [0.15, 0.2) is 42.5 Å². The summed E-state index contributed by atoms with van der Waals surface area (Å²) >= 11 is 0. The lowest BCUT2D eigenvalue weighted by molar-refractivity contribution is -0.143. The number of carbonyl (C=O) groups excluding carboxylic acids is 3. The first-order valence-electron chi connectivity index (χ1n) is 13.9. The molecule has 3 aliphatic rings. The van der Waals surface area contributed by atoms with Crippen LogP contribution in [-0.2, 0) is 25.5 Å². The van der Waals surface area contributed by atoms with E-state index in [4.69, 9.17) is 4.74 Å². The molecule has 2 fully saturated rings. The molecule has 1 aliphatic carbocycles. The topological polar surface area (TPSA) is 111 Å². The number of hydrogen-bond acceptors (Lipinski definition) is 6. The Morgan fingerprint density at radius 1 is 1.13 bits per heavy atom. The number of fused-ring (bicyclic) bond motifs is 1. The van der Waals surface area contributed by atoms with Gasteiger partial charge in [0.1, 0.15) is 6.04 Å². The zero-order valence-electron chi connectivity index (χ0n) is 22.6. The summed E-state index contributed by atoms with van der Waals surface area (Å²) in [5.74, 6) is -2.34. The van der Waals surface area contributed by atoms with Gasteiger partial charge < -0.3 is 25.4 Å². The van der Waals surface area contributed by atoms with E-state index < -0.39 is 29.8 Å². The van der Waals surface area contributed by atoms with E-state index in [2.05, 4.69) is 22.5 Å². The maximum absolute atomic E-state index is 14.1. The van der Waals surface area contributed by atoms with Gasteiger partial charge in [0.2, 0.25) is 17.7 Å². The number of benzene rings is 1. The van der Waals surface area contributed by atoms with Crippen molar-refractivity contribution < 1.29 is 24.2 Å². The van der Waals surface area contributed by atoms with Crippen LogP contribution in [0, 0.1) is 23.7 Å². The third kappa shape index (κ3) is 6.11. The van der Waals surface area contributed by atoms with Gasteiger partial charge in [-0.1, -0.05) is 55.8 Å². The van der Waals surface area contributed by atoms with Crippen molar-refractivity contribution >= 4 is 17.7 Å². The number of carbonyl (C=O) groups is 3. The summed E-state index contributed by atoms with van der Waals surface area (Å²) in [6, 6.07) is 8.31. The molecule has 38 heavy (non-hydrogen) atoms. The molecule has 0 radical (unpaired) electrons. The molecule has 0 bridgehead atoms. The number of hydrogen-bond donors (Lipinski definition) is 3. The summed E-state index contributed by atoms with van der Waals surface area (Å²) in [6.07, 6.45) is 6.10. The highest BCUT2D eigenvalue weighted by Crippen LogP contribution is 2.46. The minimum Gasteiger partial charge on any atom is -0.394 e. The number of likely N-dealkylation sites (tertiary alicyclic amines) is 1. The predicted octanol–water partition coefficient (Wildman–Crippen LogP) is 0.830. The van der Waals surface area contributed by atoms with Gasteiger partial charge in [-0.25, -0.2) is 0 Å². The van der Waals surface area contributed by atoms with Crippen molar-refractivity contribution in [2.75, 3.05) is 53.0 Å². The molecule has 3 amide bonds. The van der Waals surface area contributed by atoms with Crippen LogP contribution in [-0.4, -0.2) is 97.8 Å². The lowest BCUT2D eigenvalue weighted by atomic mass is 9.68. The largest absolute Gasteiger partial charge is 0.394 e. The van der Waals surface area contributed by atoms with Gasteiger partial charge in [0.15, 0.2) is 0 Å². The molecule has 0 spiro atoms.